The molecule has 128 valence electrons. The van der Waals surface area contributed by atoms with Crippen molar-refractivity contribution in [2.75, 3.05) is 6.61 Å². The summed E-state index contributed by atoms with van der Waals surface area (Å²) in [5.41, 5.74) is -5.08. The fourth-order valence-corrected chi connectivity index (χ4v) is 3.24. The second kappa shape index (κ2) is 7.05. The Bertz CT molecular complexity index is 787. The van der Waals surface area contributed by atoms with E-state index in [1.807, 2.05) is 0 Å². The second-order valence-electron chi connectivity index (χ2n) is 4.86. The van der Waals surface area contributed by atoms with Crippen LogP contribution < -0.4 is 9.75 Å². The van der Waals surface area contributed by atoms with Gasteiger partial charge in [0.1, 0.15) is 4.88 Å². The van der Waals surface area contributed by atoms with Crippen LogP contribution in [0.25, 0.3) is 12.7 Å². The standard InChI is InChI=1S/C14H17F2O5PS/c1-5-21-13(17)12-6-9(4)11(23-12)7-10(8(2)3)14(15,16)22(18,19)20/h6-7H,4-5H2,1-3H3,(H2,18,19,20)/b11-7+. The summed E-state index contributed by atoms with van der Waals surface area (Å²) < 4.78 is 44.1. The van der Waals surface area contributed by atoms with Crippen LogP contribution in [0.4, 0.5) is 8.78 Å². The number of carbonyl (C=O) groups is 1. The zero-order valence-corrected chi connectivity index (χ0v) is 14.5. The number of ether oxygens (including phenoxy) is 1. The maximum atomic E-state index is 14.0. The summed E-state index contributed by atoms with van der Waals surface area (Å²) >= 11 is 0.867. The number of hydrogen-bond donors (Lipinski definition) is 2. The number of halogens is 2. The summed E-state index contributed by atoms with van der Waals surface area (Å²) in [5, 5.41) is 0.290. The molecule has 0 aliphatic heterocycles. The fourth-order valence-electron chi connectivity index (χ4n) is 1.69. The topological polar surface area (TPSA) is 83.8 Å². The van der Waals surface area contributed by atoms with E-state index in [2.05, 4.69) is 6.58 Å². The molecule has 0 bridgehead atoms. The van der Waals surface area contributed by atoms with Crippen LogP contribution >= 0.6 is 18.9 Å². The van der Waals surface area contributed by atoms with Crippen LogP contribution in [0, 0.1) is 0 Å². The number of rotatable bonds is 5. The molecule has 2 N–H and O–H groups in total. The molecule has 0 atom stereocenters. The monoisotopic (exact) mass is 366 g/mol. The van der Waals surface area contributed by atoms with Gasteiger partial charge in [-0.25, -0.2) is 4.79 Å². The predicted octanol–water partition coefficient (Wildman–Crippen LogP) is 2.22. The van der Waals surface area contributed by atoms with Crippen LogP contribution in [0.3, 0.4) is 0 Å². The Balaban J connectivity index is 3.50. The van der Waals surface area contributed by atoms with E-state index in [4.69, 9.17) is 14.5 Å². The minimum absolute atomic E-state index is 0.0452. The number of alkyl halides is 2. The van der Waals surface area contributed by atoms with Crippen molar-refractivity contribution in [3.63, 3.8) is 0 Å². The first-order chi connectivity index (χ1) is 10.4. The van der Waals surface area contributed by atoms with Crippen LogP contribution in [-0.4, -0.2) is 28.0 Å². The van der Waals surface area contributed by atoms with E-state index >= 15 is 0 Å². The molecule has 23 heavy (non-hydrogen) atoms. The molecule has 5 nitrogen and oxygen atoms in total. The highest BCUT2D eigenvalue weighted by atomic mass is 32.1. The van der Waals surface area contributed by atoms with Crippen molar-refractivity contribution in [2.24, 2.45) is 0 Å². The fraction of sp³-hybridized carbons (Fsp3) is 0.357. The van der Waals surface area contributed by atoms with Gasteiger partial charge in [0.25, 0.3) is 0 Å². The van der Waals surface area contributed by atoms with Gasteiger partial charge in [0.05, 0.1) is 6.61 Å². The van der Waals surface area contributed by atoms with Gasteiger partial charge >= 0.3 is 19.2 Å². The van der Waals surface area contributed by atoms with Crippen molar-refractivity contribution in [1.29, 1.82) is 0 Å². The number of carbonyl (C=O) groups excluding carboxylic acids is 1. The van der Waals surface area contributed by atoms with E-state index in [-0.39, 0.29) is 21.6 Å². The van der Waals surface area contributed by atoms with Crippen LogP contribution in [-0.2, 0) is 9.30 Å². The van der Waals surface area contributed by atoms with Crippen molar-refractivity contribution in [2.45, 2.75) is 26.4 Å². The molecular weight excluding hydrogens is 349 g/mol. The Morgan fingerprint density at radius 3 is 2.48 bits per heavy atom. The van der Waals surface area contributed by atoms with Crippen molar-refractivity contribution in [3.8, 4) is 0 Å². The molecule has 0 unspecified atom stereocenters. The average Bonchev–Trinajstić information content (AvgIpc) is 2.75. The number of allylic oxidation sites excluding steroid dienone is 2. The van der Waals surface area contributed by atoms with Gasteiger partial charge in [-0.2, -0.15) is 8.78 Å². The summed E-state index contributed by atoms with van der Waals surface area (Å²) in [4.78, 5) is 29.6. The van der Waals surface area contributed by atoms with Gasteiger partial charge in [-0.05, 0) is 38.1 Å². The van der Waals surface area contributed by atoms with E-state index in [0.717, 1.165) is 17.4 Å². The molecule has 1 heterocycles. The van der Waals surface area contributed by atoms with E-state index < -0.39 is 24.8 Å². The molecule has 0 saturated carbocycles. The Labute approximate surface area is 135 Å². The molecule has 0 radical (unpaired) electrons. The molecule has 0 saturated heterocycles. The second-order valence-corrected chi connectivity index (χ2v) is 7.60. The summed E-state index contributed by atoms with van der Waals surface area (Å²) in [5.74, 6) is -0.609. The molecule has 1 aromatic heterocycles. The maximum Gasteiger partial charge on any atom is 0.399 e. The lowest BCUT2D eigenvalue weighted by Gasteiger charge is -2.20. The molecule has 1 aromatic rings. The van der Waals surface area contributed by atoms with Gasteiger partial charge < -0.3 is 14.5 Å². The first kappa shape index (κ1) is 19.7. The molecule has 0 amide bonds. The first-order valence-electron chi connectivity index (χ1n) is 6.50. The summed E-state index contributed by atoms with van der Waals surface area (Å²) in [6.45, 7) is 8.08. The zero-order chi connectivity index (χ0) is 18.0. The largest absolute Gasteiger partial charge is 0.462 e. The van der Waals surface area contributed by atoms with Crippen molar-refractivity contribution in [1.82, 2.24) is 0 Å². The highest BCUT2D eigenvalue weighted by molar-refractivity contribution is 7.53. The summed E-state index contributed by atoms with van der Waals surface area (Å²) in [6.07, 6.45) is 0.949. The highest BCUT2D eigenvalue weighted by Gasteiger charge is 2.51. The lowest BCUT2D eigenvalue weighted by Crippen LogP contribution is -2.23. The van der Waals surface area contributed by atoms with Gasteiger partial charge in [0, 0.05) is 10.1 Å². The minimum Gasteiger partial charge on any atom is -0.462 e. The van der Waals surface area contributed by atoms with Gasteiger partial charge in [0.2, 0.25) is 0 Å². The molecule has 0 aliphatic carbocycles. The zero-order valence-electron chi connectivity index (χ0n) is 12.8. The number of esters is 1. The third-order valence-corrected chi connectivity index (χ3v) is 4.90. The van der Waals surface area contributed by atoms with Crippen LogP contribution in [0.2, 0.25) is 0 Å². The Morgan fingerprint density at radius 1 is 1.48 bits per heavy atom. The quantitative estimate of drug-likeness (QED) is 0.617. The third-order valence-electron chi connectivity index (χ3n) is 2.82. The lowest BCUT2D eigenvalue weighted by molar-refractivity contribution is 0.0532. The molecular formula is C14H17F2O5PS. The maximum absolute atomic E-state index is 14.0. The van der Waals surface area contributed by atoms with Crippen molar-refractivity contribution < 1.29 is 32.7 Å². The Hall–Kier alpha value is -1.34. The first-order valence-corrected chi connectivity index (χ1v) is 8.93. The number of hydrogen-bond acceptors (Lipinski definition) is 4. The summed E-state index contributed by atoms with van der Waals surface area (Å²) in [7, 11) is -5.68. The molecule has 0 spiro atoms. The third kappa shape index (κ3) is 4.35. The van der Waals surface area contributed by atoms with Crippen LogP contribution in [0.15, 0.2) is 17.2 Å². The number of thiophene rings is 1. The van der Waals surface area contributed by atoms with Crippen molar-refractivity contribution >= 4 is 37.6 Å². The van der Waals surface area contributed by atoms with E-state index in [1.165, 1.54) is 19.9 Å². The molecule has 0 aromatic carbocycles. The van der Waals surface area contributed by atoms with E-state index in [9.17, 15) is 18.1 Å². The van der Waals surface area contributed by atoms with Gasteiger partial charge in [0.15, 0.2) is 0 Å². The van der Waals surface area contributed by atoms with E-state index in [0.29, 0.717) is 5.22 Å². The predicted molar refractivity (Wildman–Crippen MR) is 84.9 cm³/mol. The van der Waals surface area contributed by atoms with Crippen LogP contribution in [0.5, 0.6) is 0 Å². The van der Waals surface area contributed by atoms with Gasteiger partial charge in [-0.1, -0.05) is 12.2 Å². The van der Waals surface area contributed by atoms with E-state index in [1.54, 1.807) is 6.92 Å². The molecule has 0 fully saturated rings. The van der Waals surface area contributed by atoms with Crippen molar-refractivity contribution in [3.05, 3.63) is 31.8 Å². The normalized spacial score (nSPS) is 13.1. The van der Waals surface area contributed by atoms with Gasteiger partial charge in [-0.15, -0.1) is 11.3 Å². The molecule has 9 heteroatoms. The lowest BCUT2D eigenvalue weighted by atomic mass is 10.1. The molecule has 0 aliphatic rings. The molecule has 1 rings (SSSR count). The van der Waals surface area contributed by atoms with Crippen LogP contribution in [0.1, 0.15) is 30.4 Å². The minimum atomic E-state index is -5.68. The summed E-state index contributed by atoms with van der Waals surface area (Å²) in [6, 6.07) is 1.38. The Morgan fingerprint density at radius 2 is 2.04 bits per heavy atom. The Kier molecular flexibility index (Phi) is 6.04. The van der Waals surface area contributed by atoms with Gasteiger partial charge in [-0.3, -0.25) is 4.57 Å². The smallest absolute Gasteiger partial charge is 0.399 e. The SMILES string of the molecule is C=c1cc(C(=O)OCC)s/c1=C/C(=C(C)C)C(F)(F)P(=O)(O)O. The average molecular weight is 366 g/mol. The highest BCUT2D eigenvalue weighted by Crippen LogP contribution is 2.57.